The van der Waals surface area contributed by atoms with Crippen molar-refractivity contribution in [1.82, 2.24) is 29.9 Å². The molecule has 0 aliphatic heterocycles. The first-order valence-electron chi connectivity index (χ1n) is 17.6. The molecule has 0 spiro atoms. The van der Waals surface area contributed by atoms with Crippen molar-refractivity contribution < 1.29 is 56.6 Å². The highest BCUT2D eigenvalue weighted by Gasteiger charge is 2.22. The molecular formula is C34H46N10O12S2. The van der Waals surface area contributed by atoms with E-state index in [4.69, 9.17) is 0 Å². The zero-order valence-corrected chi connectivity index (χ0v) is 33.4. The van der Waals surface area contributed by atoms with Crippen molar-refractivity contribution in [2.75, 3.05) is 59.8 Å². The first-order valence-corrected chi connectivity index (χ1v) is 20.5. The van der Waals surface area contributed by atoms with Crippen LogP contribution < -0.4 is 20.4 Å². The maximum Gasteiger partial charge on any atom is 0.295 e. The van der Waals surface area contributed by atoms with Gasteiger partial charge in [0, 0.05) is 37.6 Å². The fourth-order valence-electron chi connectivity index (χ4n) is 5.34. The van der Waals surface area contributed by atoms with Gasteiger partial charge in [0.1, 0.15) is 22.0 Å². The Morgan fingerprint density at radius 2 is 0.966 bits per heavy atom. The summed E-state index contributed by atoms with van der Waals surface area (Å²) < 4.78 is 70.5. The number of aliphatic hydroxyl groups excluding tert-OH is 6. The lowest BCUT2D eigenvalue weighted by Gasteiger charge is -2.24. The van der Waals surface area contributed by atoms with E-state index in [9.17, 15) is 56.6 Å². The summed E-state index contributed by atoms with van der Waals surface area (Å²) in [5.41, 5.74) is -0.0853. The van der Waals surface area contributed by atoms with Gasteiger partial charge in [0.05, 0.1) is 25.4 Å². The van der Waals surface area contributed by atoms with Crippen LogP contribution in [0.1, 0.15) is 62.7 Å². The number of aromatic nitrogens is 6. The molecule has 2 aromatic heterocycles. The molecule has 0 fully saturated rings. The van der Waals surface area contributed by atoms with E-state index in [2.05, 4.69) is 40.5 Å². The van der Waals surface area contributed by atoms with E-state index in [0.29, 0.717) is 0 Å². The Labute approximate surface area is 334 Å². The second kappa shape index (κ2) is 19.6. The maximum absolute atomic E-state index is 12.6. The predicted molar refractivity (Wildman–Crippen MR) is 211 cm³/mol. The molecule has 2 heterocycles. The van der Waals surface area contributed by atoms with Gasteiger partial charge in [-0.2, -0.15) is 46.7 Å². The van der Waals surface area contributed by atoms with Gasteiger partial charge in [-0.05, 0) is 63.1 Å². The third-order valence-electron chi connectivity index (χ3n) is 7.84. The highest BCUT2D eigenvalue weighted by Crippen LogP contribution is 2.29. The highest BCUT2D eigenvalue weighted by atomic mass is 32.2. The molecule has 24 heteroatoms. The minimum atomic E-state index is -4.92. The van der Waals surface area contributed by atoms with Crippen LogP contribution >= 0.6 is 0 Å². The van der Waals surface area contributed by atoms with Crippen LogP contribution in [-0.2, 0) is 20.2 Å². The summed E-state index contributed by atoms with van der Waals surface area (Å²) in [5.74, 6) is -0.466. The molecular weight excluding hydrogens is 805 g/mol. The second-order valence-corrected chi connectivity index (χ2v) is 15.8. The van der Waals surface area contributed by atoms with Crippen LogP contribution in [0.25, 0.3) is 12.2 Å². The number of anilines is 6. The van der Waals surface area contributed by atoms with E-state index in [0.717, 1.165) is 12.1 Å². The maximum atomic E-state index is 12.6. The van der Waals surface area contributed by atoms with E-state index < -0.39 is 54.4 Å². The van der Waals surface area contributed by atoms with Crippen LogP contribution in [0.5, 0.6) is 0 Å². The monoisotopic (exact) mass is 850 g/mol. The molecule has 58 heavy (non-hydrogen) atoms. The molecule has 0 saturated heterocycles. The Balaban J connectivity index is 1.70. The van der Waals surface area contributed by atoms with Crippen molar-refractivity contribution in [3.8, 4) is 0 Å². The lowest BCUT2D eigenvalue weighted by Crippen LogP contribution is -2.35. The number of hydrogen-bond acceptors (Lipinski definition) is 20. The third kappa shape index (κ3) is 12.7. The SMILES string of the molecule is CC(O)CN(CCO)c1nc(Nc2ccc(C=Cc3ccc(Nc4nc(C(C)O)nc(N(CCO)CC(C)O)n4)cc3S(=O)(=O)O)c(S(=O)(=O)O)c2)nc(C(C)O)n1. The Morgan fingerprint density at radius 1 is 0.603 bits per heavy atom. The van der Waals surface area contributed by atoms with Crippen molar-refractivity contribution in [2.24, 2.45) is 0 Å². The summed E-state index contributed by atoms with van der Waals surface area (Å²) in [6.45, 7) is 5.32. The molecule has 316 valence electrons. The molecule has 2 aromatic carbocycles. The molecule has 4 rings (SSSR count). The molecule has 0 aliphatic rings. The van der Waals surface area contributed by atoms with Crippen LogP contribution in [0, 0.1) is 0 Å². The fourth-order valence-corrected chi connectivity index (χ4v) is 6.76. The molecule has 4 atom stereocenters. The lowest BCUT2D eigenvalue weighted by atomic mass is 10.1. The number of nitrogens with one attached hydrogen (secondary N) is 2. The van der Waals surface area contributed by atoms with Gasteiger partial charge in [-0.15, -0.1) is 0 Å². The molecule has 0 aliphatic carbocycles. The number of hydrogen-bond donors (Lipinski definition) is 10. The van der Waals surface area contributed by atoms with Crippen molar-refractivity contribution in [1.29, 1.82) is 0 Å². The fraction of sp³-hybridized carbons (Fsp3) is 0.412. The van der Waals surface area contributed by atoms with Gasteiger partial charge >= 0.3 is 0 Å². The molecule has 0 amide bonds. The number of nitrogens with zero attached hydrogens (tertiary/aromatic N) is 8. The number of aliphatic hydroxyl groups is 6. The van der Waals surface area contributed by atoms with E-state index in [-0.39, 0.29) is 97.3 Å². The first kappa shape index (κ1) is 45.7. The van der Waals surface area contributed by atoms with E-state index in [1.54, 1.807) is 0 Å². The van der Waals surface area contributed by atoms with Crippen LogP contribution in [0.2, 0.25) is 0 Å². The summed E-state index contributed by atoms with van der Waals surface area (Å²) in [4.78, 5) is 27.0. The lowest BCUT2D eigenvalue weighted by molar-refractivity contribution is 0.187. The van der Waals surface area contributed by atoms with Crippen LogP contribution in [-0.4, -0.2) is 138 Å². The minimum Gasteiger partial charge on any atom is -0.395 e. The van der Waals surface area contributed by atoms with Gasteiger partial charge < -0.3 is 51.1 Å². The average Bonchev–Trinajstić information content (AvgIpc) is 3.12. The summed E-state index contributed by atoms with van der Waals surface area (Å²) in [5, 5.41) is 64.9. The van der Waals surface area contributed by atoms with Crippen molar-refractivity contribution in [2.45, 2.75) is 61.9 Å². The summed E-state index contributed by atoms with van der Waals surface area (Å²) >= 11 is 0. The Bertz CT molecular complexity index is 2140. The molecule has 4 aromatic rings. The van der Waals surface area contributed by atoms with Crippen LogP contribution in [0.4, 0.5) is 35.2 Å². The van der Waals surface area contributed by atoms with Gasteiger partial charge in [-0.1, -0.05) is 24.3 Å². The summed E-state index contributed by atoms with van der Waals surface area (Å²) in [7, 11) is -9.84. The normalized spacial score (nSPS) is 14.2. The second-order valence-electron chi connectivity index (χ2n) is 13.1. The predicted octanol–water partition coefficient (Wildman–Crippen LogP) is 0.673. The van der Waals surface area contributed by atoms with Gasteiger partial charge in [-0.25, -0.2) is 0 Å². The van der Waals surface area contributed by atoms with Crippen molar-refractivity contribution in [3.63, 3.8) is 0 Å². The molecule has 22 nitrogen and oxygen atoms in total. The zero-order valence-electron chi connectivity index (χ0n) is 31.8. The third-order valence-corrected chi connectivity index (χ3v) is 9.66. The molecule has 10 N–H and O–H groups in total. The quantitative estimate of drug-likeness (QED) is 0.0431. The largest absolute Gasteiger partial charge is 0.395 e. The van der Waals surface area contributed by atoms with Crippen LogP contribution in [0.3, 0.4) is 0 Å². The standard InChI is InChI=1S/C34H46N10O12S2/c1-19(47)17-43(11-13-45)33-39-29(21(3)49)37-31(41-33)35-25-9-7-23(27(15-25)57(51,52)53)5-6-24-8-10-26(16-28(24)58(54,55)56)36-32-38-30(22(4)50)40-34(42-32)44(12-14-46)18-20(2)48/h5-10,15-16,19-22,45-50H,11-14,17-18H2,1-4H3,(H,51,52,53)(H,54,55,56)(H,35,37,39,41)(H,36,38,40,42). The smallest absolute Gasteiger partial charge is 0.295 e. The minimum absolute atomic E-state index is 0.00580. The number of rotatable bonds is 20. The van der Waals surface area contributed by atoms with Crippen molar-refractivity contribution in [3.05, 3.63) is 59.2 Å². The summed E-state index contributed by atoms with van der Waals surface area (Å²) in [6, 6.07) is 7.45. The topological polar surface area (TPSA) is 338 Å². The average molecular weight is 851 g/mol. The molecule has 4 unspecified atom stereocenters. The summed E-state index contributed by atoms with van der Waals surface area (Å²) in [6.07, 6.45) is -1.65. The first-order chi connectivity index (χ1) is 27.2. The molecule has 0 saturated carbocycles. The highest BCUT2D eigenvalue weighted by molar-refractivity contribution is 7.86. The Kier molecular flexibility index (Phi) is 15.5. The van der Waals surface area contributed by atoms with Gasteiger partial charge in [0.25, 0.3) is 20.2 Å². The van der Waals surface area contributed by atoms with Crippen LogP contribution in [0.15, 0.2) is 46.2 Å². The molecule has 0 bridgehead atoms. The Morgan fingerprint density at radius 3 is 1.26 bits per heavy atom. The van der Waals surface area contributed by atoms with Gasteiger partial charge in [0.15, 0.2) is 11.6 Å². The molecule has 0 radical (unpaired) electrons. The van der Waals surface area contributed by atoms with E-state index >= 15 is 0 Å². The van der Waals surface area contributed by atoms with E-state index in [1.807, 2.05) is 0 Å². The van der Waals surface area contributed by atoms with Gasteiger partial charge in [-0.3, -0.25) is 9.11 Å². The Hall–Kier alpha value is -5.02. The van der Waals surface area contributed by atoms with Gasteiger partial charge in [0.2, 0.25) is 23.8 Å². The van der Waals surface area contributed by atoms with Crippen molar-refractivity contribution >= 4 is 67.6 Å². The number of benzene rings is 2. The van der Waals surface area contributed by atoms with E-state index in [1.165, 1.54) is 73.9 Å². The zero-order chi connectivity index (χ0) is 42.9.